The van der Waals surface area contributed by atoms with Gasteiger partial charge in [0.2, 0.25) is 0 Å². The highest BCUT2D eigenvalue weighted by Crippen LogP contribution is 2.46. The third kappa shape index (κ3) is 2.28. The first-order valence-corrected chi connectivity index (χ1v) is 8.05. The molecule has 0 N–H and O–H groups in total. The van der Waals surface area contributed by atoms with Crippen LogP contribution in [-0.4, -0.2) is 47.1 Å². The highest BCUT2D eigenvalue weighted by Gasteiger charge is 2.42. The van der Waals surface area contributed by atoms with E-state index in [9.17, 15) is 0 Å². The summed E-state index contributed by atoms with van der Waals surface area (Å²) in [5, 5.41) is 9.16. The summed E-state index contributed by atoms with van der Waals surface area (Å²) in [4.78, 5) is 13.4. The lowest BCUT2D eigenvalue weighted by molar-refractivity contribution is 0.134. The molecule has 1 aromatic heterocycles. The number of hydrogen-bond donors (Lipinski definition) is 0. The van der Waals surface area contributed by atoms with Gasteiger partial charge in [0, 0.05) is 44.6 Å². The number of aromatic nitrogens is 2. The zero-order chi connectivity index (χ0) is 14.2. The van der Waals surface area contributed by atoms with Gasteiger partial charge < -0.3 is 4.90 Å². The normalized spacial score (nSPS) is 32.3. The van der Waals surface area contributed by atoms with Gasteiger partial charge >= 0.3 is 0 Å². The molecule has 21 heavy (non-hydrogen) atoms. The van der Waals surface area contributed by atoms with Gasteiger partial charge in [-0.05, 0) is 31.1 Å². The molecule has 2 bridgehead atoms. The maximum atomic E-state index is 9.16. The molecule has 1 saturated heterocycles. The molecule has 0 amide bonds. The average molecular weight is 283 g/mol. The fourth-order valence-electron chi connectivity index (χ4n) is 4.56. The zero-order valence-electron chi connectivity index (χ0n) is 12.3. The predicted molar refractivity (Wildman–Crippen MR) is 79.8 cm³/mol. The lowest BCUT2D eigenvalue weighted by Crippen LogP contribution is -2.52. The summed E-state index contributed by atoms with van der Waals surface area (Å²) in [5.74, 6) is 2.71. The van der Waals surface area contributed by atoms with Crippen LogP contribution in [-0.2, 0) is 0 Å². The third-order valence-electron chi connectivity index (χ3n) is 5.57. The summed E-state index contributed by atoms with van der Waals surface area (Å²) in [6.45, 7) is 4.10. The van der Waals surface area contributed by atoms with E-state index < -0.39 is 0 Å². The van der Waals surface area contributed by atoms with Crippen molar-refractivity contribution in [1.82, 2.24) is 14.9 Å². The lowest BCUT2D eigenvalue weighted by atomic mass is 9.93. The molecule has 0 spiro atoms. The quantitative estimate of drug-likeness (QED) is 0.826. The number of anilines is 1. The van der Waals surface area contributed by atoms with E-state index in [4.69, 9.17) is 5.26 Å². The molecule has 3 atom stereocenters. The minimum atomic E-state index is 0.450. The molecule has 3 aliphatic rings. The van der Waals surface area contributed by atoms with Crippen LogP contribution in [0.1, 0.15) is 31.4 Å². The summed E-state index contributed by atoms with van der Waals surface area (Å²) in [6, 6.07) is 2.97. The molecule has 1 aliphatic heterocycles. The molecule has 5 heteroatoms. The number of nitriles is 1. The Labute approximate surface area is 125 Å². The standard InChI is InChI=1S/C16H21N5/c17-11-14-16(19-4-3-18-14)21-7-5-20(6-8-21)15-10-12-1-2-13(15)9-12/h3-4,12-13,15H,1-2,5-10H2. The van der Waals surface area contributed by atoms with Gasteiger partial charge in [-0.2, -0.15) is 5.26 Å². The number of fused-ring (bicyclic) bond motifs is 2. The molecule has 3 fully saturated rings. The van der Waals surface area contributed by atoms with Crippen LogP contribution in [0.4, 0.5) is 5.82 Å². The van der Waals surface area contributed by atoms with E-state index in [1.807, 2.05) is 0 Å². The van der Waals surface area contributed by atoms with Gasteiger partial charge in [-0.15, -0.1) is 0 Å². The van der Waals surface area contributed by atoms with Crippen LogP contribution in [0.15, 0.2) is 12.4 Å². The van der Waals surface area contributed by atoms with Crippen LogP contribution in [0.5, 0.6) is 0 Å². The second kappa shape index (κ2) is 5.27. The molecule has 3 unspecified atom stereocenters. The van der Waals surface area contributed by atoms with Gasteiger partial charge in [0.25, 0.3) is 0 Å². The summed E-state index contributed by atoms with van der Waals surface area (Å²) in [5.41, 5.74) is 0.450. The Hall–Kier alpha value is -1.67. The molecule has 4 rings (SSSR count). The van der Waals surface area contributed by atoms with E-state index in [0.29, 0.717) is 5.69 Å². The second-order valence-electron chi connectivity index (χ2n) is 6.61. The fourth-order valence-corrected chi connectivity index (χ4v) is 4.56. The Morgan fingerprint density at radius 2 is 1.86 bits per heavy atom. The van der Waals surface area contributed by atoms with E-state index in [2.05, 4.69) is 25.8 Å². The fraction of sp³-hybridized carbons (Fsp3) is 0.688. The summed E-state index contributed by atoms with van der Waals surface area (Å²) in [6.07, 6.45) is 9.06. The third-order valence-corrected chi connectivity index (χ3v) is 5.57. The molecular formula is C16H21N5. The predicted octanol–water partition coefficient (Wildman–Crippen LogP) is 1.66. The molecule has 2 heterocycles. The van der Waals surface area contributed by atoms with Crippen LogP contribution in [0.25, 0.3) is 0 Å². The topological polar surface area (TPSA) is 56.1 Å². The Morgan fingerprint density at radius 1 is 1.05 bits per heavy atom. The van der Waals surface area contributed by atoms with Gasteiger partial charge in [0.15, 0.2) is 11.5 Å². The van der Waals surface area contributed by atoms with Crippen molar-refractivity contribution in [2.75, 3.05) is 31.1 Å². The first-order chi connectivity index (χ1) is 10.3. The van der Waals surface area contributed by atoms with Crippen LogP contribution >= 0.6 is 0 Å². The van der Waals surface area contributed by atoms with Crippen molar-refractivity contribution in [2.24, 2.45) is 11.8 Å². The van der Waals surface area contributed by atoms with Gasteiger partial charge in [0.05, 0.1) is 0 Å². The zero-order valence-corrected chi connectivity index (χ0v) is 12.3. The van der Waals surface area contributed by atoms with Crippen molar-refractivity contribution in [3.8, 4) is 6.07 Å². The lowest BCUT2D eigenvalue weighted by Gasteiger charge is -2.41. The monoisotopic (exact) mass is 283 g/mol. The number of nitrogens with zero attached hydrogens (tertiary/aromatic N) is 5. The van der Waals surface area contributed by atoms with Crippen LogP contribution in [0.2, 0.25) is 0 Å². The van der Waals surface area contributed by atoms with Gasteiger partial charge in [0.1, 0.15) is 6.07 Å². The molecule has 110 valence electrons. The Morgan fingerprint density at radius 3 is 2.52 bits per heavy atom. The Kier molecular flexibility index (Phi) is 3.27. The highest BCUT2D eigenvalue weighted by atomic mass is 15.3. The van der Waals surface area contributed by atoms with Crippen molar-refractivity contribution >= 4 is 5.82 Å². The smallest absolute Gasteiger partial charge is 0.183 e. The van der Waals surface area contributed by atoms with Gasteiger partial charge in [-0.25, -0.2) is 9.97 Å². The summed E-state index contributed by atoms with van der Waals surface area (Å²) >= 11 is 0. The maximum Gasteiger partial charge on any atom is 0.183 e. The molecule has 5 nitrogen and oxygen atoms in total. The first kappa shape index (κ1) is 13.0. The van der Waals surface area contributed by atoms with Crippen molar-refractivity contribution in [2.45, 2.75) is 31.7 Å². The number of hydrogen-bond acceptors (Lipinski definition) is 5. The summed E-state index contributed by atoms with van der Waals surface area (Å²) < 4.78 is 0. The van der Waals surface area contributed by atoms with Gasteiger partial charge in [-0.1, -0.05) is 6.42 Å². The second-order valence-corrected chi connectivity index (χ2v) is 6.61. The van der Waals surface area contributed by atoms with Crippen molar-refractivity contribution in [1.29, 1.82) is 5.26 Å². The number of rotatable bonds is 2. The Bertz CT molecular complexity index is 558. The molecule has 2 saturated carbocycles. The van der Waals surface area contributed by atoms with Crippen molar-refractivity contribution in [3.05, 3.63) is 18.1 Å². The SMILES string of the molecule is N#Cc1nccnc1N1CCN(C2CC3CCC2C3)CC1. The largest absolute Gasteiger partial charge is 0.352 e. The molecule has 0 aromatic carbocycles. The Balaban J connectivity index is 1.42. The van der Waals surface area contributed by atoms with Crippen molar-refractivity contribution in [3.63, 3.8) is 0 Å². The summed E-state index contributed by atoms with van der Waals surface area (Å²) in [7, 11) is 0. The maximum absolute atomic E-state index is 9.16. The van der Waals surface area contributed by atoms with Crippen LogP contribution < -0.4 is 4.90 Å². The van der Waals surface area contributed by atoms with E-state index in [1.54, 1.807) is 12.4 Å². The van der Waals surface area contributed by atoms with E-state index in [0.717, 1.165) is 49.9 Å². The minimum absolute atomic E-state index is 0.450. The average Bonchev–Trinajstić information content (AvgIpc) is 3.18. The highest BCUT2D eigenvalue weighted by molar-refractivity contribution is 5.49. The molecule has 0 radical (unpaired) electrons. The molecule has 1 aromatic rings. The first-order valence-electron chi connectivity index (χ1n) is 8.05. The van der Waals surface area contributed by atoms with E-state index >= 15 is 0 Å². The number of piperazine rings is 1. The van der Waals surface area contributed by atoms with Crippen LogP contribution in [0.3, 0.4) is 0 Å². The van der Waals surface area contributed by atoms with E-state index in [1.165, 1.54) is 25.7 Å². The molecule has 2 aliphatic carbocycles. The van der Waals surface area contributed by atoms with Crippen LogP contribution in [0, 0.1) is 23.2 Å². The van der Waals surface area contributed by atoms with E-state index in [-0.39, 0.29) is 0 Å². The molecular weight excluding hydrogens is 262 g/mol. The van der Waals surface area contributed by atoms with Crippen molar-refractivity contribution < 1.29 is 0 Å². The van der Waals surface area contributed by atoms with Gasteiger partial charge in [-0.3, -0.25) is 4.90 Å². The minimum Gasteiger partial charge on any atom is -0.352 e.